The van der Waals surface area contributed by atoms with Gasteiger partial charge in [-0.25, -0.2) is 0 Å². The van der Waals surface area contributed by atoms with Crippen molar-refractivity contribution >= 4 is 5.69 Å². The number of ether oxygens (including phenoxy) is 1. The van der Waals surface area contributed by atoms with Crippen molar-refractivity contribution in [3.05, 3.63) is 24.5 Å². The number of hydrogen-bond donors (Lipinski definition) is 1. The van der Waals surface area contributed by atoms with Crippen molar-refractivity contribution in [1.82, 2.24) is 4.98 Å². The molecule has 0 unspecified atom stereocenters. The van der Waals surface area contributed by atoms with Crippen molar-refractivity contribution in [3.63, 3.8) is 0 Å². The first kappa shape index (κ1) is 11.4. The first-order valence-electron chi connectivity index (χ1n) is 5.61. The van der Waals surface area contributed by atoms with E-state index < -0.39 is 5.60 Å². The molecule has 2 rings (SSSR count). The van der Waals surface area contributed by atoms with Crippen molar-refractivity contribution in [2.75, 3.05) is 31.7 Å². The first-order valence-corrected chi connectivity index (χ1v) is 5.61. The molecule has 1 aliphatic heterocycles. The second kappa shape index (κ2) is 4.80. The number of likely N-dealkylation sites (N-methyl/N-ethyl adjacent to an activating group) is 1. The van der Waals surface area contributed by atoms with Gasteiger partial charge in [0, 0.05) is 57.7 Å². The minimum absolute atomic E-state index is 0.615. The van der Waals surface area contributed by atoms with Gasteiger partial charge in [-0.3, -0.25) is 4.98 Å². The third-order valence-corrected chi connectivity index (χ3v) is 3.06. The summed E-state index contributed by atoms with van der Waals surface area (Å²) in [6.07, 6.45) is 4.95. The Labute approximate surface area is 95.9 Å². The zero-order chi connectivity index (χ0) is 11.4. The molecule has 0 radical (unpaired) electrons. The summed E-state index contributed by atoms with van der Waals surface area (Å²) in [5.74, 6) is 0. The van der Waals surface area contributed by atoms with Gasteiger partial charge < -0.3 is 14.7 Å². The van der Waals surface area contributed by atoms with Crippen LogP contribution in [0.1, 0.15) is 12.8 Å². The average Bonchev–Trinajstić information content (AvgIpc) is 2.30. The molecule has 88 valence electrons. The molecule has 1 aliphatic rings. The summed E-state index contributed by atoms with van der Waals surface area (Å²) < 4.78 is 5.26. The quantitative estimate of drug-likeness (QED) is 0.830. The molecular formula is C12H18N2O2. The molecule has 2 heterocycles. The third kappa shape index (κ3) is 2.71. The summed E-state index contributed by atoms with van der Waals surface area (Å²) in [6, 6.07) is 3.89. The Morgan fingerprint density at radius 3 is 2.62 bits per heavy atom. The molecule has 0 bridgehead atoms. The number of hydrogen-bond acceptors (Lipinski definition) is 4. The van der Waals surface area contributed by atoms with Crippen LogP contribution in [0.15, 0.2) is 24.5 Å². The molecule has 0 aliphatic carbocycles. The monoisotopic (exact) mass is 222 g/mol. The summed E-state index contributed by atoms with van der Waals surface area (Å²) >= 11 is 0. The fourth-order valence-corrected chi connectivity index (χ4v) is 2.04. The highest BCUT2D eigenvalue weighted by molar-refractivity contribution is 5.43. The Morgan fingerprint density at radius 2 is 2.00 bits per heavy atom. The lowest BCUT2D eigenvalue weighted by Gasteiger charge is -2.36. The number of anilines is 1. The van der Waals surface area contributed by atoms with E-state index in [4.69, 9.17) is 4.74 Å². The number of aliphatic hydroxyl groups is 1. The summed E-state index contributed by atoms with van der Waals surface area (Å²) in [7, 11) is 1.99. The summed E-state index contributed by atoms with van der Waals surface area (Å²) in [6.45, 7) is 1.95. The van der Waals surface area contributed by atoms with Gasteiger partial charge in [0.25, 0.3) is 0 Å². The third-order valence-electron chi connectivity index (χ3n) is 3.06. The number of nitrogens with zero attached hydrogens (tertiary/aromatic N) is 2. The highest BCUT2D eigenvalue weighted by Gasteiger charge is 2.31. The molecule has 0 spiro atoms. The maximum absolute atomic E-state index is 10.4. The maximum Gasteiger partial charge on any atom is 0.0865 e. The van der Waals surface area contributed by atoms with Gasteiger partial charge in [-0.2, -0.15) is 0 Å². The minimum atomic E-state index is -0.615. The molecule has 0 amide bonds. The van der Waals surface area contributed by atoms with Crippen molar-refractivity contribution in [1.29, 1.82) is 0 Å². The zero-order valence-electron chi connectivity index (χ0n) is 9.59. The van der Waals surface area contributed by atoms with E-state index in [0.29, 0.717) is 32.6 Å². The average molecular weight is 222 g/mol. The lowest BCUT2D eigenvalue weighted by atomic mass is 9.94. The van der Waals surface area contributed by atoms with Crippen LogP contribution in [0.25, 0.3) is 0 Å². The zero-order valence-corrected chi connectivity index (χ0v) is 9.59. The van der Waals surface area contributed by atoms with E-state index in [2.05, 4.69) is 9.88 Å². The summed E-state index contributed by atoms with van der Waals surface area (Å²) in [4.78, 5) is 6.05. The van der Waals surface area contributed by atoms with Crippen LogP contribution in [0.5, 0.6) is 0 Å². The molecule has 0 aromatic carbocycles. The Balaban J connectivity index is 1.98. The Morgan fingerprint density at radius 1 is 1.38 bits per heavy atom. The van der Waals surface area contributed by atoms with E-state index in [1.807, 2.05) is 19.2 Å². The maximum atomic E-state index is 10.4. The molecule has 16 heavy (non-hydrogen) atoms. The van der Waals surface area contributed by atoms with Crippen LogP contribution in [0, 0.1) is 0 Å². The van der Waals surface area contributed by atoms with E-state index in [-0.39, 0.29) is 0 Å². The molecule has 0 saturated carbocycles. The second-order valence-corrected chi connectivity index (χ2v) is 4.40. The van der Waals surface area contributed by atoms with Gasteiger partial charge >= 0.3 is 0 Å². The van der Waals surface area contributed by atoms with Gasteiger partial charge in [-0.15, -0.1) is 0 Å². The smallest absolute Gasteiger partial charge is 0.0865 e. The van der Waals surface area contributed by atoms with Crippen LogP contribution in [0.3, 0.4) is 0 Å². The Bertz CT molecular complexity index is 323. The van der Waals surface area contributed by atoms with Gasteiger partial charge in [0.1, 0.15) is 0 Å². The number of pyridine rings is 1. The minimum Gasteiger partial charge on any atom is -0.388 e. The van der Waals surface area contributed by atoms with Crippen LogP contribution >= 0.6 is 0 Å². The lowest BCUT2D eigenvalue weighted by molar-refractivity contribution is -0.0572. The SMILES string of the molecule is CN(CC1(O)CCOCC1)c1ccncc1. The van der Waals surface area contributed by atoms with Gasteiger partial charge in [0.15, 0.2) is 0 Å². The number of aromatic nitrogens is 1. The van der Waals surface area contributed by atoms with E-state index in [0.717, 1.165) is 5.69 Å². The predicted octanol–water partition coefficient (Wildman–Crippen LogP) is 1.06. The van der Waals surface area contributed by atoms with Crippen LogP contribution in [0.4, 0.5) is 5.69 Å². The Kier molecular flexibility index (Phi) is 3.41. The molecule has 0 atom stereocenters. The molecular weight excluding hydrogens is 204 g/mol. The van der Waals surface area contributed by atoms with Crippen molar-refractivity contribution < 1.29 is 9.84 Å². The molecule has 1 fully saturated rings. The van der Waals surface area contributed by atoms with Crippen LogP contribution < -0.4 is 4.90 Å². The van der Waals surface area contributed by atoms with Crippen LogP contribution in [0.2, 0.25) is 0 Å². The van der Waals surface area contributed by atoms with Crippen LogP contribution in [-0.4, -0.2) is 42.5 Å². The van der Waals surface area contributed by atoms with E-state index >= 15 is 0 Å². The summed E-state index contributed by atoms with van der Waals surface area (Å²) in [5, 5.41) is 10.4. The van der Waals surface area contributed by atoms with Crippen molar-refractivity contribution in [2.45, 2.75) is 18.4 Å². The Hall–Kier alpha value is -1.13. The largest absolute Gasteiger partial charge is 0.388 e. The number of rotatable bonds is 3. The normalized spacial score (nSPS) is 19.4. The van der Waals surface area contributed by atoms with E-state index in [9.17, 15) is 5.11 Å². The first-order chi connectivity index (χ1) is 7.70. The predicted molar refractivity (Wildman–Crippen MR) is 62.5 cm³/mol. The fraction of sp³-hybridized carbons (Fsp3) is 0.583. The molecule has 1 N–H and O–H groups in total. The van der Waals surface area contributed by atoms with Crippen molar-refractivity contribution in [3.8, 4) is 0 Å². The summed E-state index contributed by atoms with van der Waals surface area (Å²) in [5.41, 5.74) is 0.464. The van der Waals surface area contributed by atoms with Gasteiger partial charge in [-0.05, 0) is 12.1 Å². The lowest BCUT2D eigenvalue weighted by Crippen LogP contribution is -2.45. The topological polar surface area (TPSA) is 45.6 Å². The van der Waals surface area contributed by atoms with Crippen LogP contribution in [-0.2, 0) is 4.74 Å². The van der Waals surface area contributed by atoms with Gasteiger partial charge in [-0.1, -0.05) is 0 Å². The highest BCUT2D eigenvalue weighted by Crippen LogP contribution is 2.23. The highest BCUT2D eigenvalue weighted by atomic mass is 16.5. The molecule has 1 saturated heterocycles. The molecule has 4 heteroatoms. The van der Waals surface area contributed by atoms with Crippen molar-refractivity contribution in [2.24, 2.45) is 0 Å². The standard InChI is InChI=1S/C12H18N2O2/c1-14(11-2-6-13-7-3-11)10-12(15)4-8-16-9-5-12/h2-3,6-7,15H,4-5,8-10H2,1H3. The van der Waals surface area contributed by atoms with E-state index in [1.54, 1.807) is 12.4 Å². The fourth-order valence-electron chi connectivity index (χ4n) is 2.04. The molecule has 4 nitrogen and oxygen atoms in total. The molecule has 1 aromatic heterocycles. The van der Waals surface area contributed by atoms with E-state index in [1.165, 1.54) is 0 Å². The van der Waals surface area contributed by atoms with Gasteiger partial charge in [0.05, 0.1) is 5.60 Å². The molecule has 1 aromatic rings. The second-order valence-electron chi connectivity index (χ2n) is 4.40. The van der Waals surface area contributed by atoms with Gasteiger partial charge in [0.2, 0.25) is 0 Å².